The van der Waals surface area contributed by atoms with Crippen LogP contribution in [0, 0.1) is 11.6 Å². The number of halogens is 3. The zero-order chi connectivity index (χ0) is 18.7. The lowest BCUT2D eigenvalue weighted by Crippen LogP contribution is -2.51. The second-order valence-corrected chi connectivity index (χ2v) is 6.48. The van der Waals surface area contributed by atoms with Crippen LogP contribution in [0.3, 0.4) is 0 Å². The largest absolute Gasteiger partial charge is 0.339 e. The van der Waals surface area contributed by atoms with Crippen LogP contribution in [0.1, 0.15) is 15.9 Å². The maximum absolute atomic E-state index is 13.9. The zero-order valence-electron chi connectivity index (χ0n) is 13.9. The highest BCUT2D eigenvalue weighted by molar-refractivity contribution is 6.33. The minimum atomic E-state index is -0.655. The molecule has 1 heterocycles. The normalized spacial score (nSPS) is 14.4. The highest BCUT2D eigenvalue weighted by Gasteiger charge is 2.27. The molecule has 0 spiro atoms. The molecule has 0 radical (unpaired) electrons. The average Bonchev–Trinajstić information content (AvgIpc) is 2.63. The summed E-state index contributed by atoms with van der Waals surface area (Å²) in [6.45, 7) is 1.33. The van der Waals surface area contributed by atoms with E-state index in [2.05, 4.69) is 0 Å². The Morgan fingerprint density at radius 1 is 0.923 bits per heavy atom. The molecule has 0 aliphatic carbocycles. The van der Waals surface area contributed by atoms with Crippen molar-refractivity contribution < 1.29 is 18.4 Å². The van der Waals surface area contributed by atoms with Gasteiger partial charge >= 0.3 is 0 Å². The van der Waals surface area contributed by atoms with Crippen molar-refractivity contribution in [2.24, 2.45) is 0 Å². The summed E-state index contributed by atoms with van der Waals surface area (Å²) in [6.07, 6.45) is 0.174. The Morgan fingerprint density at radius 2 is 1.54 bits per heavy atom. The highest BCUT2D eigenvalue weighted by atomic mass is 35.5. The molecule has 136 valence electrons. The van der Waals surface area contributed by atoms with Crippen molar-refractivity contribution in [3.63, 3.8) is 0 Å². The maximum Gasteiger partial charge on any atom is 0.258 e. The fraction of sp³-hybridized carbons (Fsp3) is 0.263. The Labute approximate surface area is 155 Å². The topological polar surface area (TPSA) is 40.6 Å². The molecule has 0 aromatic heterocycles. The quantitative estimate of drug-likeness (QED) is 0.823. The predicted molar refractivity (Wildman–Crippen MR) is 94.0 cm³/mol. The number of nitrogens with zero attached hydrogens (tertiary/aromatic N) is 2. The van der Waals surface area contributed by atoms with Gasteiger partial charge in [-0.3, -0.25) is 9.59 Å². The lowest BCUT2D eigenvalue weighted by molar-refractivity contribution is -0.131. The summed E-state index contributed by atoms with van der Waals surface area (Å²) in [6, 6.07) is 9.90. The third-order valence-corrected chi connectivity index (χ3v) is 4.68. The predicted octanol–water partition coefficient (Wildman–Crippen LogP) is 3.15. The van der Waals surface area contributed by atoms with Gasteiger partial charge in [0.25, 0.3) is 5.91 Å². The molecular formula is C19H17ClF2N2O2. The molecular weight excluding hydrogens is 362 g/mol. The molecule has 0 atom stereocenters. The molecule has 26 heavy (non-hydrogen) atoms. The van der Waals surface area contributed by atoms with Crippen molar-refractivity contribution in [2.75, 3.05) is 26.2 Å². The monoisotopic (exact) mass is 378 g/mol. The van der Waals surface area contributed by atoms with Crippen molar-refractivity contribution in [1.29, 1.82) is 0 Å². The number of benzene rings is 2. The lowest BCUT2D eigenvalue weighted by atomic mass is 10.1. The van der Waals surface area contributed by atoms with Gasteiger partial charge in [0.1, 0.15) is 11.6 Å². The van der Waals surface area contributed by atoms with Crippen LogP contribution in [0.15, 0.2) is 42.5 Å². The second kappa shape index (κ2) is 7.83. The van der Waals surface area contributed by atoms with E-state index in [1.54, 1.807) is 17.0 Å². The molecule has 2 aromatic carbocycles. The Bertz CT molecular complexity index is 799. The van der Waals surface area contributed by atoms with E-state index in [0.717, 1.165) is 5.56 Å². The van der Waals surface area contributed by atoms with Crippen molar-refractivity contribution in [2.45, 2.75) is 6.42 Å². The molecule has 4 nitrogen and oxygen atoms in total. The lowest BCUT2D eigenvalue weighted by Gasteiger charge is -2.35. The first-order chi connectivity index (χ1) is 12.5. The third-order valence-electron chi connectivity index (χ3n) is 4.36. The molecule has 1 aliphatic heterocycles. The summed E-state index contributed by atoms with van der Waals surface area (Å²) in [7, 11) is 0. The van der Waals surface area contributed by atoms with Crippen LogP contribution in [0.5, 0.6) is 0 Å². The number of piperazine rings is 1. The molecule has 0 bridgehead atoms. The van der Waals surface area contributed by atoms with Crippen molar-refractivity contribution in [3.8, 4) is 0 Å². The van der Waals surface area contributed by atoms with E-state index >= 15 is 0 Å². The Balaban J connectivity index is 1.59. The number of carbonyl (C=O) groups excluding carboxylic acids is 2. The minimum absolute atomic E-state index is 0.0739. The summed E-state index contributed by atoms with van der Waals surface area (Å²) in [5, 5.41) is 0.0739. The van der Waals surface area contributed by atoms with Gasteiger partial charge in [-0.05, 0) is 29.8 Å². The fourth-order valence-electron chi connectivity index (χ4n) is 2.91. The number of hydrogen-bond acceptors (Lipinski definition) is 2. The second-order valence-electron chi connectivity index (χ2n) is 6.07. The summed E-state index contributed by atoms with van der Waals surface area (Å²) < 4.78 is 26.8. The fourth-order valence-corrected chi connectivity index (χ4v) is 3.15. The smallest absolute Gasteiger partial charge is 0.258 e. The van der Waals surface area contributed by atoms with Gasteiger partial charge in [-0.2, -0.15) is 0 Å². The molecule has 1 fully saturated rings. The number of carbonyl (C=O) groups is 2. The van der Waals surface area contributed by atoms with E-state index < -0.39 is 11.7 Å². The minimum Gasteiger partial charge on any atom is -0.339 e. The van der Waals surface area contributed by atoms with Gasteiger partial charge in [0, 0.05) is 26.2 Å². The first-order valence-electron chi connectivity index (χ1n) is 8.21. The number of hydrogen-bond donors (Lipinski definition) is 0. The average molecular weight is 379 g/mol. The molecule has 2 amide bonds. The molecule has 1 aliphatic rings. The van der Waals surface area contributed by atoms with Gasteiger partial charge in [0.15, 0.2) is 0 Å². The van der Waals surface area contributed by atoms with E-state index in [-0.39, 0.29) is 28.7 Å². The van der Waals surface area contributed by atoms with Crippen LogP contribution in [-0.4, -0.2) is 47.8 Å². The van der Waals surface area contributed by atoms with Crippen LogP contribution < -0.4 is 0 Å². The molecule has 2 aromatic rings. The van der Waals surface area contributed by atoms with Crippen LogP contribution in [0.2, 0.25) is 5.02 Å². The van der Waals surface area contributed by atoms with E-state index in [9.17, 15) is 18.4 Å². The first kappa shape index (κ1) is 18.3. The van der Waals surface area contributed by atoms with Gasteiger partial charge in [-0.15, -0.1) is 0 Å². The summed E-state index contributed by atoms with van der Waals surface area (Å²) >= 11 is 5.95. The Hall–Kier alpha value is -2.47. The van der Waals surface area contributed by atoms with E-state index in [4.69, 9.17) is 11.6 Å². The first-order valence-corrected chi connectivity index (χ1v) is 8.59. The van der Waals surface area contributed by atoms with Crippen LogP contribution >= 0.6 is 11.6 Å². The van der Waals surface area contributed by atoms with Gasteiger partial charge in [-0.25, -0.2) is 8.78 Å². The molecule has 0 saturated carbocycles. The number of rotatable bonds is 3. The van der Waals surface area contributed by atoms with Crippen LogP contribution in [-0.2, 0) is 11.2 Å². The molecule has 0 unspecified atom stereocenters. The summed E-state index contributed by atoms with van der Waals surface area (Å²) in [4.78, 5) is 28.0. The van der Waals surface area contributed by atoms with Gasteiger partial charge in [-0.1, -0.05) is 29.8 Å². The van der Waals surface area contributed by atoms with Crippen LogP contribution in [0.25, 0.3) is 0 Å². The SMILES string of the molecule is O=C(Cc1ccc(F)cc1)N1CCN(C(=O)c2c(F)cccc2Cl)CC1. The maximum atomic E-state index is 13.9. The summed E-state index contributed by atoms with van der Waals surface area (Å²) in [5.41, 5.74) is 0.591. The summed E-state index contributed by atoms with van der Waals surface area (Å²) in [5.74, 6) is -1.57. The van der Waals surface area contributed by atoms with E-state index in [1.165, 1.54) is 35.2 Å². The standard InChI is InChI=1S/C19H17ClF2N2O2/c20-15-2-1-3-16(22)18(15)19(26)24-10-8-23(9-11-24)17(25)12-13-4-6-14(21)7-5-13/h1-7H,8-12H2. The molecule has 7 heteroatoms. The van der Waals surface area contributed by atoms with E-state index in [1.807, 2.05) is 0 Å². The van der Waals surface area contributed by atoms with E-state index in [0.29, 0.717) is 26.2 Å². The van der Waals surface area contributed by atoms with Crippen molar-refractivity contribution in [3.05, 3.63) is 70.2 Å². The Morgan fingerprint density at radius 3 is 2.15 bits per heavy atom. The van der Waals surface area contributed by atoms with Gasteiger partial charge in [0.05, 0.1) is 17.0 Å². The Kier molecular flexibility index (Phi) is 5.52. The van der Waals surface area contributed by atoms with Crippen LogP contribution in [0.4, 0.5) is 8.78 Å². The molecule has 0 N–H and O–H groups in total. The van der Waals surface area contributed by atoms with Crippen molar-refractivity contribution in [1.82, 2.24) is 9.80 Å². The zero-order valence-corrected chi connectivity index (χ0v) is 14.7. The van der Waals surface area contributed by atoms with Gasteiger partial charge in [0.2, 0.25) is 5.91 Å². The number of amides is 2. The third kappa shape index (κ3) is 4.02. The highest BCUT2D eigenvalue weighted by Crippen LogP contribution is 2.21. The van der Waals surface area contributed by atoms with Gasteiger partial charge < -0.3 is 9.80 Å². The van der Waals surface area contributed by atoms with Crippen molar-refractivity contribution >= 4 is 23.4 Å². The molecule has 3 rings (SSSR count). The molecule has 1 saturated heterocycles.